The first-order valence-corrected chi connectivity index (χ1v) is 7.07. The standard InChI is InChI=1S/C15H11ClN4O2/c1-7-5-9-11(10(16)6-7)18-14(22)15(9)19-12-8(13(21)20-15)3-2-4-17-12/h2-6H,1H3,(H,17,19)(H,18,22)(H,20,21)/t15-/m0/s1. The molecule has 2 aromatic rings. The number of nitrogens with zero attached hydrogens (tertiary/aromatic N) is 1. The van der Waals surface area contributed by atoms with Gasteiger partial charge in [0.1, 0.15) is 5.82 Å². The van der Waals surface area contributed by atoms with Gasteiger partial charge in [-0.05, 0) is 36.8 Å². The second-order valence-corrected chi connectivity index (χ2v) is 5.76. The quantitative estimate of drug-likeness (QED) is 0.694. The number of carbonyl (C=O) groups excluding carboxylic acids is 2. The second kappa shape index (κ2) is 4.20. The number of hydrogen-bond donors (Lipinski definition) is 3. The molecule has 1 aromatic carbocycles. The summed E-state index contributed by atoms with van der Waals surface area (Å²) < 4.78 is 0. The van der Waals surface area contributed by atoms with Crippen molar-refractivity contribution in [2.24, 2.45) is 0 Å². The highest BCUT2D eigenvalue weighted by atomic mass is 35.5. The van der Waals surface area contributed by atoms with Gasteiger partial charge in [-0.2, -0.15) is 0 Å². The first-order chi connectivity index (χ1) is 10.5. The van der Waals surface area contributed by atoms with Crippen LogP contribution in [0, 0.1) is 6.92 Å². The minimum Gasteiger partial charge on any atom is -0.335 e. The molecular formula is C15H11ClN4O2. The molecule has 0 bridgehead atoms. The zero-order valence-electron chi connectivity index (χ0n) is 11.5. The molecule has 4 rings (SSSR count). The van der Waals surface area contributed by atoms with E-state index in [1.807, 2.05) is 13.0 Å². The van der Waals surface area contributed by atoms with E-state index in [2.05, 4.69) is 20.9 Å². The Hall–Kier alpha value is -2.60. The van der Waals surface area contributed by atoms with Gasteiger partial charge in [0.05, 0.1) is 16.3 Å². The molecule has 1 atom stereocenters. The number of fused-ring (bicyclic) bond motifs is 3. The molecule has 110 valence electrons. The van der Waals surface area contributed by atoms with Crippen LogP contribution in [0.1, 0.15) is 21.5 Å². The number of halogens is 1. The van der Waals surface area contributed by atoms with E-state index < -0.39 is 5.66 Å². The van der Waals surface area contributed by atoms with E-state index in [1.54, 1.807) is 24.4 Å². The molecule has 0 unspecified atom stereocenters. The lowest BCUT2D eigenvalue weighted by molar-refractivity contribution is -0.120. The molecule has 1 spiro atoms. The Morgan fingerprint density at radius 3 is 2.86 bits per heavy atom. The summed E-state index contributed by atoms with van der Waals surface area (Å²) in [5, 5.41) is 8.96. The van der Waals surface area contributed by atoms with Crippen LogP contribution in [-0.2, 0) is 10.5 Å². The summed E-state index contributed by atoms with van der Waals surface area (Å²) in [5.74, 6) is -0.381. The van der Waals surface area contributed by atoms with Gasteiger partial charge in [-0.25, -0.2) is 4.98 Å². The van der Waals surface area contributed by atoms with Gasteiger partial charge in [-0.1, -0.05) is 11.6 Å². The van der Waals surface area contributed by atoms with Gasteiger partial charge < -0.3 is 16.0 Å². The molecule has 2 aliphatic rings. The van der Waals surface area contributed by atoms with Gasteiger partial charge in [0.15, 0.2) is 0 Å². The lowest BCUT2D eigenvalue weighted by atomic mass is 9.95. The number of nitrogens with one attached hydrogen (secondary N) is 3. The largest absolute Gasteiger partial charge is 0.335 e. The highest BCUT2D eigenvalue weighted by Crippen LogP contribution is 2.43. The van der Waals surface area contributed by atoms with Crippen LogP contribution in [0.5, 0.6) is 0 Å². The zero-order chi connectivity index (χ0) is 15.5. The van der Waals surface area contributed by atoms with Crippen LogP contribution in [0.2, 0.25) is 5.02 Å². The molecule has 6 nitrogen and oxygen atoms in total. The zero-order valence-corrected chi connectivity index (χ0v) is 12.3. The highest BCUT2D eigenvalue weighted by Gasteiger charge is 2.52. The number of anilines is 2. The predicted molar refractivity (Wildman–Crippen MR) is 81.8 cm³/mol. The molecule has 0 saturated heterocycles. The predicted octanol–water partition coefficient (Wildman–Crippen LogP) is 2.00. The summed E-state index contributed by atoms with van der Waals surface area (Å²) >= 11 is 6.21. The van der Waals surface area contributed by atoms with E-state index in [1.165, 1.54) is 0 Å². The van der Waals surface area contributed by atoms with Crippen molar-refractivity contribution >= 4 is 34.9 Å². The molecule has 2 aliphatic heterocycles. The Labute approximate surface area is 130 Å². The summed E-state index contributed by atoms with van der Waals surface area (Å²) in [7, 11) is 0. The number of pyridine rings is 1. The molecule has 7 heteroatoms. The molecule has 0 saturated carbocycles. The minimum absolute atomic E-state index is 0.359. The molecular weight excluding hydrogens is 304 g/mol. The number of hydrogen-bond acceptors (Lipinski definition) is 4. The summed E-state index contributed by atoms with van der Waals surface area (Å²) in [6.45, 7) is 1.87. The Morgan fingerprint density at radius 1 is 1.23 bits per heavy atom. The summed E-state index contributed by atoms with van der Waals surface area (Å²) in [4.78, 5) is 29.1. The summed E-state index contributed by atoms with van der Waals surface area (Å²) in [6, 6.07) is 6.90. The molecule has 3 N–H and O–H groups in total. The van der Waals surface area contributed by atoms with Crippen LogP contribution in [0.15, 0.2) is 30.5 Å². The van der Waals surface area contributed by atoms with Crippen molar-refractivity contribution in [1.29, 1.82) is 0 Å². The Morgan fingerprint density at radius 2 is 2.05 bits per heavy atom. The van der Waals surface area contributed by atoms with Crippen molar-refractivity contribution < 1.29 is 9.59 Å². The summed E-state index contributed by atoms with van der Waals surface area (Å²) in [6.07, 6.45) is 1.56. The van der Waals surface area contributed by atoms with Crippen LogP contribution in [0.4, 0.5) is 11.5 Å². The number of rotatable bonds is 0. The Bertz CT molecular complexity index is 851. The maximum atomic E-state index is 12.6. The average Bonchev–Trinajstić information content (AvgIpc) is 2.73. The van der Waals surface area contributed by atoms with Crippen molar-refractivity contribution in [3.05, 3.63) is 52.2 Å². The van der Waals surface area contributed by atoms with Crippen LogP contribution in [0.25, 0.3) is 0 Å². The smallest absolute Gasteiger partial charge is 0.276 e. The molecule has 0 fully saturated rings. The third kappa shape index (κ3) is 1.58. The molecule has 3 heterocycles. The van der Waals surface area contributed by atoms with E-state index in [9.17, 15) is 9.59 Å². The van der Waals surface area contributed by atoms with Gasteiger partial charge in [-0.3, -0.25) is 9.59 Å². The maximum Gasteiger partial charge on any atom is 0.276 e. The maximum absolute atomic E-state index is 12.6. The fourth-order valence-electron chi connectivity index (χ4n) is 2.88. The van der Waals surface area contributed by atoms with Crippen molar-refractivity contribution in [2.75, 3.05) is 10.6 Å². The van der Waals surface area contributed by atoms with Crippen LogP contribution >= 0.6 is 11.6 Å². The fraction of sp³-hybridized carbons (Fsp3) is 0.133. The van der Waals surface area contributed by atoms with Gasteiger partial charge in [0.2, 0.25) is 5.66 Å². The second-order valence-electron chi connectivity index (χ2n) is 5.35. The van der Waals surface area contributed by atoms with Gasteiger partial charge >= 0.3 is 0 Å². The van der Waals surface area contributed by atoms with E-state index in [4.69, 9.17) is 11.6 Å². The third-order valence-electron chi connectivity index (χ3n) is 3.88. The number of benzene rings is 1. The van der Waals surface area contributed by atoms with Crippen molar-refractivity contribution in [3.8, 4) is 0 Å². The summed E-state index contributed by atoms with van der Waals surface area (Å²) in [5.41, 5.74) is 0.996. The Kier molecular flexibility index (Phi) is 2.50. The first kappa shape index (κ1) is 13.1. The molecule has 0 aliphatic carbocycles. The van der Waals surface area contributed by atoms with E-state index in [0.717, 1.165) is 5.56 Å². The van der Waals surface area contributed by atoms with Crippen molar-refractivity contribution in [2.45, 2.75) is 12.6 Å². The number of carbonyl (C=O) groups is 2. The lowest BCUT2D eigenvalue weighted by Crippen LogP contribution is -2.59. The van der Waals surface area contributed by atoms with Crippen LogP contribution in [-0.4, -0.2) is 16.8 Å². The topological polar surface area (TPSA) is 83.1 Å². The number of aryl methyl sites for hydroxylation is 1. The Balaban J connectivity index is 1.95. The van der Waals surface area contributed by atoms with E-state index in [0.29, 0.717) is 27.7 Å². The molecule has 1 aromatic heterocycles. The SMILES string of the molecule is Cc1cc(Cl)c2c(c1)[C@]1(NC(=O)c3cccnc3N1)C(=O)N2. The minimum atomic E-state index is -1.39. The number of aromatic nitrogens is 1. The van der Waals surface area contributed by atoms with Gasteiger partial charge in [-0.15, -0.1) is 0 Å². The number of amides is 2. The van der Waals surface area contributed by atoms with E-state index in [-0.39, 0.29) is 11.8 Å². The van der Waals surface area contributed by atoms with Crippen molar-refractivity contribution in [1.82, 2.24) is 10.3 Å². The van der Waals surface area contributed by atoms with Gasteiger partial charge in [0.25, 0.3) is 11.8 Å². The van der Waals surface area contributed by atoms with Crippen molar-refractivity contribution in [3.63, 3.8) is 0 Å². The monoisotopic (exact) mass is 314 g/mol. The van der Waals surface area contributed by atoms with Crippen LogP contribution in [0.3, 0.4) is 0 Å². The van der Waals surface area contributed by atoms with Crippen LogP contribution < -0.4 is 16.0 Å². The first-order valence-electron chi connectivity index (χ1n) is 6.69. The highest BCUT2D eigenvalue weighted by molar-refractivity contribution is 6.35. The molecule has 0 radical (unpaired) electrons. The van der Waals surface area contributed by atoms with E-state index >= 15 is 0 Å². The van der Waals surface area contributed by atoms with Gasteiger partial charge in [0, 0.05) is 11.8 Å². The lowest BCUT2D eigenvalue weighted by Gasteiger charge is -2.34. The fourth-order valence-corrected chi connectivity index (χ4v) is 3.20. The molecule has 2 amide bonds. The molecule has 22 heavy (non-hydrogen) atoms. The average molecular weight is 315 g/mol. The third-order valence-corrected chi connectivity index (χ3v) is 4.18. The normalized spacial score (nSPS) is 21.7.